The molecule has 0 heterocycles. The van der Waals surface area contributed by atoms with Gasteiger partial charge in [-0.3, -0.25) is 4.79 Å². The van der Waals surface area contributed by atoms with E-state index >= 15 is 0 Å². The first-order chi connectivity index (χ1) is 8.93. The molecule has 0 radical (unpaired) electrons. The number of halogens is 2. The van der Waals surface area contributed by atoms with Crippen LogP contribution in [0.25, 0.3) is 6.08 Å². The van der Waals surface area contributed by atoms with Crippen LogP contribution in [-0.2, 0) is 4.79 Å². The summed E-state index contributed by atoms with van der Waals surface area (Å²) in [5.74, 6) is -3.28. The summed E-state index contributed by atoms with van der Waals surface area (Å²) >= 11 is 1.14. The van der Waals surface area contributed by atoms with Crippen LogP contribution in [-0.4, -0.2) is 21.9 Å². The van der Waals surface area contributed by atoms with Crippen molar-refractivity contribution in [3.05, 3.63) is 41.0 Å². The van der Waals surface area contributed by atoms with Gasteiger partial charge in [-0.25, -0.2) is 13.6 Å². The molecule has 0 saturated carbocycles. The van der Waals surface area contributed by atoms with E-state index in [-0.39, 0.29) is 10.7 Å². The molecule has 1 rings (SSSR count). The molecule has 3 nitrogen and oxygen atoms in total. The molecule has 0 aliphatic heterocycles. The van der Waals surface area contributed by atoms with Crippen molar-refractivity contribution in [1.82, 2.24) is 0 Å². The summed E-state index contributed by atoms with van der Waals surface area (Å²) in [6.45, 7) is 1.45. The number of hydrogen-bond acceptors (Lipinski definition) is 3. The molecule has 0 amide bonds. The highest BCUT2D eigenvalue weighted by Gasteiger charge is 2.18. The molecule has 102 valence electrons. The van der Waals surface area contributed by atoms with Crippen molar-refractivity contribution in [2.45, 2.75) is 13.3 Å². The molecular formula is C13H12F2O3S. The van der Waals surface area contributed by atoms with Gasteiger partial charge in [-0.2, -0.15) is 0 Å². The fourth-order valence-electron chi connectivity index (χ4n) is 1.37. The zero-order chi connectivity index (χ0) is 14.4. The van der Waals surface area contributed by atoms with Gasteiger partial charge in [0.25, 0.3) is 0 Å². The number of allylic oxidation sites excluding steroid dienone is 1. The lowest BCUT2D eigenvalue weighted by Gasteiger charge is -2.02. The Kier molecular flexibility index (Phi) is 5.69. The number of aromatic carboxylic acids is 1. The number of carbonyl (C=O) groups is 2. The Morgan fingerprint density at radius 2 is 2.05 bits per heavy atom. The highest BCUT2D eigenvalue weighted by Crippen LogP contribution is 2.18. The van der Waals surface area contributed by atoms with E-state index in [0.29, 0.717) is 12.2 Å². The standard InChI is InChI=1S/C13H12F2O3S/c1-8(16)19-7-3-2-4-9-5-6-10(14)11(12(9)15)13(17)18/h2,4-6H,3,7H2,1H3,(H,17,18). The van der Waals surface area contributed by atoms with Crippen LogP contribution in [0.3, 0.4) is 0 Å². The third-order valence-corrected chi connectivity index (χ3v) is 3.07. The predicted molar refractivity (Wildman–Crippen MR) is 70.1 cm³/mol. The van der Waals surface area contributed by atoms with E-state index in [1.165, 1.54) is 19.1 Å². The normalized spacial score (nSPS) is 10.9. The van der Waals surface area contributed by atoms with Gasteiger partial charge in [-0.05, 0) is 18.6 Å². The fourth-order valence-corrected chi connectivity index (χ4v) is 1.92. The fraction of sp³-hybridized carbons (Fsp3) is 0.231. The first-order valence-corrected chi connectivity index (χ1v) is 6.43. The Bertz CT molecular complexity index is 527. The minimum Gasteiger partial charge on any atom is -0.477 e. The Hall–Kier alpha value is -1.69. The van der Waals surface area contributed by atoms with E-state index in [9.17, 15) is 18.4 Å². The van der Waals surface area contributed by atoms with E-state index in [1.807, 2.05) is 0 Å². The average Bonchev–Trinajstić information content (AvgIpc) is 2.30. The van der Waals surface area contributed by atoms with Crippen molar-refractivity contribution in [3.63, 3.8) is 0 Å². The highest BCUT2D eigenvalue weighted by molar-refractivity contribution is 8.13. The maximum absolute atomic E-state index is 13.7. The van der Waals surface area contributed by atoms with Gasteiger partial charge in [0.1, 0.15) is 17.2 Å². The predicted octanol–water partition coefficient (Wildman–Crippen LogP) is 3.35. The summed E-state index contributed by atoms with van der Waals surface area (Å²) in [5, 5.41) is 8.69. The summed E-state index contributed by atoms with van der Waals surface area (Å²) < 4.78 is 26.8. The maximum Gasteiger partial charge on any atom is 0.341 e. The van der Waals surface area contributed by atoms with Gasteiger partial charge < -0.3 is 5.11 Å². The molecule has 0 fully saturated rings. The molecule has 19 heavy (non-hydrogen) atoms. The largest absolute Gasteiger partial charge is 0.477 e. The summed E-state index contributed by atoms with van der Waals surface area (Å²) in [6.07, 6.45) is 3.52. The van der Waals surface area contributed by atoms with Crippen molar-refractivity contribution < 1.29 is 23.5 Å². The number of rotatable bonds is 5. The van der Waals surface area contributed by atoms with Crippen LogP contribution in [0, 0.1) is 11.6 Å². The minimum absolute atomic E-state index is 0.00507. The SMILES string of the molecule is CC(=O)SCCC=Cc1ccc(F)c(C(=O)O)c1F. The van der Waals surface area contributed by atoms with E-state index in [0.717, 1.165) is 17.8 Å². The van der Waals surface area contributed by atoms with Gasteiger partial charge in [0.15, 0.2) is 5.12 Å². The zero-order valence-corrected chi connectivity index (χ0v) is 11.0. The first-order valence-electron chi connectivity index (χ1n) is 5.44. The second kappa shape index (κ2) is 7.04. The molecule has 0 bridgehead atoms. The van der Waals surface area contributed by atoms with E-state index in [4.69, 9.17) is 5.11 Å². The molecule has 0 aliphatic rings. The monoisotopic (exact) mass is 286 g/mol. The van der Waals surface area contributed by atoms with Crippen LogP contribution in [0.1, 0.15) is 29.3 Å². The highest BCUT2D eigenvalue weighted by atomic mass is 32.2. The summed E-state index contributed by atoms with van der Waals surface area (Å²) in [6, 6.07) is 2.09. The van der Waals surface area contributed by atoms with Gasteiger partial charge in [0, 0.05) is 18.2 Å². The van der Waals surface area contributed by atoms with Crippen molar-refractivity contribution in [3.8, 4) is 0 Å². The van der Waals surface area contributed by atoms with Crippen LogP contribution >= 0.6 is 11.8 Å². The summed E-state index contributed by atoms with van der Waals surface area (Å²) in [7, 11) is 0. The maximum atomic E-state index is 13.7. The molecule has 0 spiro atoms. The van der Waals surface area contributed by atoms with Crippen LogP contribution in [0.4, 0.5) is 8.78 Å². The average molecular weight is 286 g/mol. The third-order valence-electron chi connectivity index (χ3n) is 2.22. The number of carbonyl (C=O) groups excluding carboxylic acids is 1. The van der Waals surface area contributed by atoms with Gasteiger partial charge in [0.2, 0.25) is 0 Å². The molecular weight excluding hydrogens is 274 g/mol. The van der Waals surface area contributed by atoms with Gasteiger partial charge >= 0.3 is 5.97 Å². The van der Waals surface area contributed by atoms with Crippen molar-refractivity contribution in [1.29, 1.82) is 0 Å². The zero-order valence-electron chi connectivity index (χ0n) is 10.2. The van der Waals surface area contributed by atoms with Gasteiger partial charge in [0.05, 0.1) is 0 Å². The second-order valence-corrected chi connectivity index (χ2v) is 4.93. The van der Waals surface area contributed by atoms with Crippen LogP contribution in [0.15, 0.2) is 18.2 Å². The molecule has 0 saturated heterocycles. The number of carboxylic acid groups (broad SMARTS) is 1. The van der Waals surface area contributed by atoms with Crippen LogP contribution in [0.5, 0.6) is 0 Å². The van der Waals surface area contributed by atoms with Crippen LogP contribution < -0.4 is 0 Å². The molecule has 1 aromatic rings. The number of benzene rings is 1. The molecule has 0 aromatic heterocycles. The molecule has 1 aromatic carbocycles. The van der Waals surface area contributed by atoms with E-state index in [1.54, 1.807) is 6.08 Å². The Balaban J connectivity index is 2.79. The van der Waals surface area contributed by atoms with Gasteiger partial charge in [-0.15, -0.1) is 0 Å². The molecule has 0 unspecified atom stereocenters. The third kappa shape index (κ3) is 4.48. The number of hydrogen-bond donors (Lipinski definition) is 1. The quantitative estimate of drug-likeness (QED) is 0.843. The van der Waals surface area contributed by atoms with Crippen molar-refractivity contribution in [2.24, 2.45) is 0 Å². The molecule has 1 N–H and O–H groups in total. The Labute approximate surface area is 113 Å². The number of carboxylic acids is 1. The summed E-state index contributed by atoms with van der Waals surface area (Å²) in [5.41, 5.74) is -0.952. The van der Waals surface area contributed by atoms with Crippen LogP contribution in [0.2, 0.25) is 0 Å². The summed E-state index contributed by atoms with van der Waals surface area (Å²) in [4.78, 5) is 21.4. The lowest BCUT2D eigenvalue weighted by molar-refractivity contribution is -0.109. The number of thioether (sulfide) groups is 1. The topological polar surface area (TPSA) is 54.4 Å². The van der Waals surface area contributed by atoms with Crippen molar-refractivity contribution in [2.75, 3.05) is 5.75 Å². The first kappa shape index (κ1) is 15.4. The van der Waals surface area contributed by atoms with E-state index in [2.05, 4.69) is 0 Å². The smallest absolute Gasteiger partial charge is 0.341 e. The lowest BCUT2D eigenvalue weighted by atomic mass is 10.1. The minimum atomic E-state index is -1.64. The Morgan fingerprint density at radius 1 is 1.37 bits per heavy atom. The van der Waals surface area contributed by atoms with E-state index < -0.39 is 23.2 Å². The van der Waals surface area contributed by atoms with Crippen molar-refractivity contribution >= 4 is 28.9 Å². The van der Waals surface area contributed by atoms with Gasteiger partial charge in [-0.1, -0.05) is 23.9 Å². The second-order valence-electron chi connectivity index (χ2n) is 3.66. The molecule has 6 heteroatoms. The Morgan fingerprint density at radius 3 is 2.63 bits per heavy atom. The molecule has 0 aliphatic carbocycles. The molecule has 0 atom stereocenters. The lowest BCUT2D eigenvalue weighted by Crippen LogP contribution is -2.05.